The highest BCUT2D eigenvalue weighted by molar-refractivity contribution is 5.43. The molecular weight excluding hydrogens is 160 g/mol. The Labute approximate surface area is 80.5 Å². The first-order valence-electron chi connectivity index (χ1n) is 4.84. The average molecular weight is 178 g/mol. The molecule has 1 rings (SSSR count). The second kappa shape index (κ2) is 4.87. The molecule has 0 heterocycles. The number of hydrazine groups is 1. The van der Waals surface area contributed by atoms with E-state index in [1.807, 2.05) is 0 Å². The molecule has 72 valence electrons. The van der Waals surface area contributed by atoms with E-state index >= 15 is 0 Å². The molecule has 0 saturated heterocycles. The molecule has 1 aromatic rings. The fourth-order valence-corrected chi connectivity index (χ4v) is 1.19. The first-order valence-corrected chi connectivity index (χ1v) is 4.84. The summed E-state index contributed by atoms with van der Waals surface area (Å²) in [7, 11) is 0. The Hall–Kier alpha value is -1.02. The molecule has 0 atom stereocenters. The van der Waals surface area contributed by atoms with Crippen molar-refractivity contribution in [2.24, 2.45) is 0 Å². The number of nitrogens with one attached hydrogen (secondary N) is 1. The lowest BCUT2D eigenvalue weighted by Crippen LogP contribution is -2.29. The molecular formula is C11H18N2. The van der Waals surface area contributed by atoms with Gasteiger partial charge in [-0.3, -0.25) is 0 Å². The van der Waals surface area contributed by atoms with Crippen molar-refractivity contribution in [2.45, 2.75) is 20.8 Å². The third-order valence-corrected chi connectivity index (χ3v) is 2.10. The van der Waals surface area contributed by atoms with Gasteiger partial charge >= 0.3 is 0 Å². The van der Waals surface area contributed by atoms with Gasteiger partial charge in [0, 0.05) is 18.8 Å². The van der Waals surface area contributed by atoms with Crippen molar-refractivity contribution in [1.82, 2.24) is 5.01 Å². The van der Waals surface area contributed by atoms with Crippen LogP contribution in [0.25, 0.3) is 0 Å². The van der Waals surface area contributed by atoms with Gasteiger partial charge in [-0.15, -0.1) is 0 Å². The Morgan fingerprint density at radius 3 is 2.08 bits per heavy atom. The molecule has 0 aliphatic heterocycles. The van der Waals surface area contributed by atoms with Crippen LogP contribution in [0.2, 0.25) is 0 Å². The van der Waals surface area contributed by atoms with E-state index in [4.69, 9.17) is 0 Å². The average Bonchev–Trinajstić information content (AvgIpc) is 2.17. The second-order valence-electron chi connectivity index (χ2n) is 3.15. The highest BCUT2D eigenvalue weighted by Gasteiger charge is 1.97. The molecule has 13 heavy (non-hydrogen) atoms. The summed E-state index contributed by atoms with van der Waals surface area (Å²) in [5.74, 6) is 0. The van der Waals surface area contributed by atoms with E-state index in [0.29, 0.717) is 0 Å². The molecule has 0 amide bonds. The van der Waals surface area contributed by atoms with Gasteiger partial charge in [0.05, 0.1) is 0 Å². The van der Waals surface area contributed by atoms with E-state index in [2.05, 4.69) is 55.5 Å². The molecule has 1 N–H and O–H groups in total. The lowest BCUT2D eigenvalue weighted by molar-refractivity contribution is 0.367. The Bertz CT molecular complexity index is 237. The quantitative estimate of drug-likeness (QED) is 0.713. The Kier molecular flexibility index (Phi) is 3.77. The fourth-order valence-electron chi connectivity index (χ4n) is 1.19. The van der Waals surface area contributed by atoms with Crippen LogP contribution < -0.4 is 5.43 Å². The van der Waals surface area contributed by atoms with E-state index in [9.17, 15) is 0 Å². The summed E-state index contributed by atoms with van der Waals surface area (Å²) in [5.41, 5.74) is 5.80. The van der Waals surface area contributed by atoms with Crippen LogP contribution in [-0.2, 0) is 0 Å². The van der Waals surface area contributed by atoms with Crippen LogP contribution >= 0.6 is 0 Å². The largest absolute Gasteiger partial charge is 0.319 e. The number of hydrogen-bond donors (Lipinski definition) is 1. The summed E-state index contributed by atoms with van der Waals surface area (Å²) in [6.45, 7) is 8.42. The maximum Gasteiger partial charge on any atom is 0.0490 e. The van der Waals surface area contributed by atoms with Crippen molar-refractivity contribution in [3.05, 3.63) is 29.8 Å². The van der Waals surface area contributed by atoms with E-state index in [0.717, 1.165) is 18.8 Å². The maximum absolute atomic E-state index is 3.34. The van der Waals surface area contributed by atoms with Crippen LogP contribution in [0, 0.1) is 6.92 Å². The SMILES string of the molecule is CCN(CC)Nc1ccc(C)cc1. The van der Waals surface area contributed by atoms with Crippen LogP contribution in [0.5, 0.6) is 0 Å². The maximum atomic E-state index is 3.34. The molecule has 2 nitrogen and oxygen atoms in total. The van der Waals surface area contributed by atoms with Gasteiger partial charge in [0.1, 0.15) is 0 Å². The van der Waals surface area contributed by atoms with Crippen molar-refractivity contribution < 1.29 is 0 Å². The number of hydrogen-bond acceptors (Lipinski definition) is 2. The van der Waals surface area contributed by atoms with Gasteiger partial charge < -0.3 is 5.43 Å². The topological polar surface area (TPSA) is 15.3 Å². The Balaban J connectivity index is 2.58. The zero-order chi connectivity index (χ0) is 9.68. The predicted molar refractivity (Wildman–Crippen MR) is 57.7 cm³/mol. The molecule has 0 spiro atoms. The van der Waals surface area contributed by atoms with Gasteiger partial charge in [-0.1, -0.05) is 31.5 Å². The minimum absolute atomic E-state index is 1.02. The van der Waals surface area contributed by atoms with Crippen LogP contribution in [0.15, 0.2) is 24.3 Å². The standard InChI is InChI=1S/C11H18N2/c1-4-13(5-2)12-11-8-6-10(3)7-9-11/h6-9,12H,4-5H2,1-3H3. The highest BCUT2D eigenvalue weighted by atomic mass is 15.5. The van der Waals surface area contributed by atoms with Crippen LogP contribution in [0.4, 0.5) is 5.69 Å². The summed E-state index contributed by atoms with van der Waals surface area (Å²) in [6, 6.07) is 8.44. The number of rotatable bonds is 4. The molecule has 0 aliphatic rings. The van der Waals surface area contributed by atoms with E-state index in [1.165, 1.54) is 5.56 Å². The molecule has 0 radical (unpaired) electrons. The number of aryl methyl sites for hydroxylation is 1. The molecule has 2 heteroatoms. The summed E-state index contributed by atoms with van der Waals surface area (Å²) in [5, 5.41) is 2.17. The Morgan fingerprint density at radius 2 is 1.62 bits per heavy atom. The lowest BCUT2D eigenvalue weighted by atomic mass is 10.2. The molecule has 0 aromatic heterocycles. The van der Waals surface area contributed by atoms with Crippen molar-refractivity contribution in [1.29, 1.82) is 0 Å². The Morgan fingerprint density at radius 1 is 1.08 bits per heavy atom. The first-order chi connectivity index (χ1) is 6.26. The first kappa shape index (κ1) is 10.1. The van der Waals surface area contributed by atoms with E-state index in [1.54, 1.807) is 0 Å². The van der Waals surface area contributed by atoms with Crippen LogP contribution in [-0.4, -0.2) is 18.1 Å². The number of benzene rings is 1. The minimum Gasteiger partial charge on any atom is -0.319 e. The third kappa shape index (κ3) is 3.07. The van der Waals surface area contributed by atoms with E-state index < -0.39 is 0 Å². The van der Waals surface area contributed by atoms with Gasteiger partial charge in [-0.05, 0) is 19.1 Å². The summed E-state index contributed by atoms with van der Waals surface area (Å²) in [4.78, 5) is 0. The second-order valence-corrected chi connectivity index (χ2v) is 3.15. The van der Waals surface area contributed by atoms with E-state index in [-0.39, 0.29) is 0 Å². The zero-order valence-corrected chi connectivity index (χ0v) is 8.67. The molecule has 0 aliphatic carbocycles. The number of anilines is 1. The molecule has 0 unspecified atom stereocenters. The van der Waals surface area contributed by atoms with Crippen molar-refractivity contribution in [2.75, 3.05) is 18.5 Å². The predicted octanol–water partition coefficient (Wildman–Crippen LogP) is 2.66. The van der Waals surface area contributed by atoms with Crippen molar-refractivity contribution >= 4 is 5.69 Å². The summed E-state index contributed by atoms with van der Waals surface area (Å²) < 4.78 is 0. The normalized spacial score (nSPS) is 10.5. The van der Waals surface area contributed by atoms with Crippen LogP contribution in [0.1, 0.15) is 19.4 Å². The molecule has 0 bridgehead atoms. The van der Waals surface area contributed by atoms with Gasteiger partial charge in [0.25, 0.3) is 0 Å². The molecule has 0 fully saturated rings. The molecule has 0 saturated carbocycles. The van der Waals surface area contributed by atoms with Crippen LogP contribution in [0.3, 0.4) is 0 Å². The van der Waals surface area contributed by atoms with Gasteiger partial charge in [-0.2, -0.15) is 0 Å². The smallest absolute Gasteiger partial charge is 0.0490 e. The minimum atomic E-state index is 1.02. The zero-order valence-electron chi connectivity index (χ0n) is 8.67. The number of nitrogens with zero attached hydrogens (tertiary/aromatic N) is 1. The lowest BCUT2D eigenvalue weighted by Gasteiger charge is -2.20. The summed E-state index contributed by atoms with van der Waals surface area (Å²) >= 11 is 0. The van der Waals surface area contributed by atoms with Gasteiger partial charge in [0.2, 0.25) is 0 Å². The highest BCUT2D eigenvalue weighted by Crippen LogP contribution is 2.09. The van der Waals surface area contributed by atoms with Gasteiger partial charge in [-0.25, -0.2) is 5.01 Å². The summed E-state index contributed by atoms with van der Waals surface area (Å²) in [6.07, 6.45) is 0. The monoisotopic (exact) mass is 178 g/mol. The third-order valence-electron chi connectivity index (χ3n) is 2.10. The van der Waals surface area contributed by atoms with Crippen molar-refractivity contribution in [3.63, 3.8) is 0 Å². The molecule has 1 aromatic carbocycles. The van der Waals surface area contributed by atoms with Gasteiger partial charge in [0.15, 0.2) is 0 Å². The fraction of sp³-hybridized carbons (Fsp3) is 0.455. The van der Waals surface area contributed by atoms with Crippen molar-refractivity contribution in [3.8, 4) is 0 Å².